The van der Waals surface area contributed by atoms with Crippen LogP contribution in [0.3, 0.4) is 0 Å². The molecular weight excluding hydrogens is 444 g/mol. The van der Waals surface area contributed by atoms with Crippen LogP contribution >= 0.6 is 0 Å². The molecule has 2 N–H and O–H groups in total. The van der Waals surface area contributed by atoms with Crippen LogP contribution in [0.5, 0.6) is 5.75 Å². The fourth-order valence-corrected chi connectivity index (χ4v) is 4.60. The average Bonchev–Trinajstić information content (AvgIpc) is 2.88. The Morgan fingerprint density at radius 3 is 2.89 bits per heavy atom. The number of anilines is 1. The van der Waals surface area contributed by atoms with Gasteiger partial charge in [0.05, 0.1) is 18.0 Å². The zero-order valence-corrected chi connectivity index (χ0v) is 19.5. The van der Waals surface area contributed by atoms with Crippen LogP contribution in [0.15, 0.2) is 49.2 Å². The highest BCUT2D eigenvalue weighted by Crippen LogP contribution is 2.37. The molecule has 8 nitrogen and oxygen atoms in total. The van der Waals surface area contributed by atoms with Crippen molar-refractivity contribution in [1.29, 1.82) is 0 Å². The average molecular weight is 471 g/mol. The highest BCUT2D eigenvalue weighted by Gasteiger charge is 2.27. The molecule has 0 radical (unpaired) electrons. The number of carbonyl (C=O) groups is 2. The molecule has 0 atom stereocenters. The van der Waals surface area contributed by atoms with Gasteiger partial charge in [-0.3, -0.25) is 9.59 Å². The van der Waals surface area contributed by atoms with Crippen molar-refractivity contribution < 1.29 is 19.1 Å². The number of nitrogens with zero attached hydrogens (tertiary/aromatic N) is 2. The number of ether oxygens (including phenoxy) is 2. The van der Waals surface area contributed by atoms with E-state index in [9.17, 15) is 9.59 Å². The first-order valence-corrected chi connectivity index (χ1v) is 11.6. The number of benzene rings is 2. The van der Waals surface area contributed by atoms with E-state index in [4.69, 9.17) is 14.5 Å². The first kappa shape index (κ1) is 22.7. The van der Waals surface area contributed by atoms with Crippen LogP contribution in [0.1, 0.15) is 27.0 Å². The molecule has 1 aliphatic carbocycles. The number of rotatable bonds is 7. The van der Waals surface area contributed by atoms with E-state index >= 15 is 0 Å². The van der Waals surface area contributed by atoms with Crippen LogP contribution in [0.4, 0.5) is 5.69 Å². The number of aromatic nitrogens is 2. The fraction of sp³-hybridized carbons (Fsp3) is 0.259. The van der Waals surface area contributed by atoms with Crippen LogP contribution in [0.2, 0.25) is 0 Å². The predicted molar refractivity (Wildman–Crippen MR) is 133 cm³/mol. The summed E-state index contributed by atoms with van der Waals surface area (Å²) in [7, 11) is 1.60. The number of amides is 2. The predicted octanol–water partition coefficient (Wildman–Crippen LogP) is 3.34. The van der Waals surface area contributed by atoms with Gasteiger partial charge in [0.15, 0.2) is 5.82 Å². The first-order valence-electron chi connectivity index (χ1n) is 11.6. The molecule has 178 valence electrons. The number of hydrogen-bond acceptors (Lipinski definition) is 6. The maximum Gasteiger partial charge on any atom is 0.251 e. The third-order valence-corrected chi connectivity index (χ3v) is 6.30. The lowest BCUT2D eigenvalue weighted by atomic mass is 9.83. The monoisotopic (exact) mass is 470 g/mol. The van der Waals surface area contributed by atoms with E-state index in [1.165, 1.54) is 6.08 Å². The van der Waals surface area contributed by atoms with Gasteiger partial charge in [-0.2, -0.15) is 0 Å². The van der Waals surface area contributed by atoms with Gasteiger partial charge in [0, 0.05) is 36.5 Å². The summed E-state index contributed by atoms with van der Waals surface area (Å²) in [6, 6.07) is 9.54. The standard InChI is InChI=1S/C27H26N4O4/c1-3-23(32)30-21-14-17(6-9-22(21)35-13-12-34-2)26-29-15-18-5-7-19-20(25(18)31-26)8-4-16-10-11-28-27(33)24(16)19/h3-4,6,8-9,14-15H,1,5,7,10-13H2,2H3,(H,28,33)(H,30,32). The number of hydrogen-bond donors (Lipinski definition) is 2. The summed E-state index contributed by atoms with van der Waals surface area (Å²) in [4.78, 5) is 34.1. The topological polar surface area (TPSA) is 102 Å². The molecule has 0 fully saturated rings. The van der Waals surface area contributed by atoms with E-state index in [0.29, 0.717) is 37.0 Å². The van der Waals surface area contributed by atoms with Gasteiger partial charge in [0.1, 0.15) is 12.4 Å². The summed E-state index contributed by atoms with van der Waals surface area (Å²) < 4.78 is 10.8. The number of nitrogens with one attached hydrogen (secondary N) is 2. The Labute approximate surface area is 203 Å². The Kier molecular flexibility index (Phi) is 6.29. The van der Waals surface area contributed by atoms with Crippen molar-refractivity contribution in [2.75, 3.05) is 32.2 Å². The minimum atomic E-state index is -0.345. The third-order valence-electron chi connectivity index (χ3n) is 6.30. The highest BCUT2D eigenvalue weighted by molar-refractivity contribution is 6.01. The molecule has 0 unspecified atom stereocenters. The first-order chi connectivity index (χ1) is 17.1. The largest absolute Gasteiger partial charge is 0.489 e. The van der Waals surface area contributed by atoms with Crippen LogP contribution < -0.4 is 15.4 Å². The lowest BCUT2D eigenvalue weighted by Crippen LogP contribution is -2.33. The second kappa shape index (κ2) is 9.68. The van der Waals surface area contributed by atoms with Gasteiger partial charge < -0.3 is 20.1 Å². The number of fused-ring (bicyclic) bond motifs is 5. The van der Waals surface area contributed by atoms with Gasteiger partial charge in [0.2, 0.25) is 5.91 Å². The van der Waals surface area contributed by atoms with E-state index in [1.54, 1.807) is 19.2 Å². The van der Waals surface area contributed by atoms with Gasteiger partial charge in [-0.25, -0.2) is 9.97 Å². The normalized spacial score (nSPS) is 13.7. The lowest BCUT2D eigenvalue weighted by Gasteiger charge is -2.26. The molecule has 5 rings (SSSR count). The number of carbonyl (C=O) groups excluding carboxylic acids is 2. The van der Waals surface area contributed by atoms with E-state index in [0.717, 1.165) is 58.3 Å². The molecule has 1 aromatic heterocycles. The molecular formula is C27H26N4O4. The summed E-state index contributed by atoms with van der Waals surface area (Å²) in [5.74, 6) is 0.688. The van der Waals surface area contributed by atoms with Crippen molar-refractivity contribution >= 4 is 17.5 Å². The summed E-state index contributed by atoms with van der Waals surface area (Å²) in [6.45, 7) is 4.96. The van der Waals surface area contributed by atoms with Crippen molar-refractivity contribution in [3.63, 3.8) is 0 Å². The Morgan fingerprint density at radius 2 is 2.06 bits per heavy atom. The molecule has 2 aliphatic rings. The Hall–Kier alpha value is -4.04. The van der Waals surface area contributed by atoms with Gasteiger partial charge >= 0.3 is 0 Å². The van der Waals surface area contributed by atoms with Gasteiger partial charge in [0.25, 0.3) is 5.91 Å². The summed E-state index contributed by atoms with van der Waals surface area (Å²) in [6.07, 6.45) is 5.46. The zero-order valence-electron chi connectivity index (χ0n) is 19.5. The SMILES string of the molecule is C=CC(=O)Nc1cc(-c2ncc3c(n2)-c2ccc4c(c2CC3)C(=O)NCC4)ccc1OCCOC. The molecule has 2 amide bonds. The second-order valence-electron chi connectivity index (χ2n) is 8.44. The minimum absolute atomic E-state index is 0.00695. The molecule has 2 heterocycles. The summed E-state index contributed by atoms with van der Waals surface area (Å²) in [5.41, 5.74) is 7.04. The van der Waals surface area contributed by atoms with Crippen LogP contribution in [0.25, 0.3) is 22.6 Å². The van der Waals surface area contributed by atoms with Crippen LogP contribution in [-0.2, 0) is 28.8 Å². The van der Waals surface area contributed by atoms with Crippen molar-refractivity contribution in [2.24, 2.45) is 0 Å². The Morgan fingerprint density at radius 1 is 1.17 bits per heavy atom. The van der Waals surface area contributed by atoms with E-state index in [2.05, 4.69) is 28.3 Å². The number of methoxy groups -OCH3 is 1. The molecule has 2 aromatic carbocycles. The maximum atomic E-state index is 12.6. The highest BCUT2D eigenvalue weighted by atomic mass is 16.5. The summed E-state index contributed by atoms with van der Waals surface area (Å²) in [5, 5.41) is 5.76. The van der Waals surface area contributed by atoms with Gasteiger partial charge in [-0.05, 0) is 60.2 Å². The second-order valence-corrected chi connectivity index (χ2v) is 8.44. The third kappa shape index (κ3) is 4.40. The molecule has 0 saturated carbocycles. The minimum Gasteiger partial charge on any atom is -0.489 e. The quantitative estimate of drug-likeness (QED) is 0.406. The molecule has 1 aliphatic heterocycles. The zero-order chi connectivity index (χ0) is 24.4. The number of aryl methyl sites for hydroxylation is 1. The van der Waals surface area contributed by atoms with E-state index in [-0.39, 0.29) is 11.8 Å². The molecule has 0 bridgehead atoms. The van der Waals surface area contributed by atoms with E-state index < -0.39 is 0 Å². The molecule has 3 aromatic rings. The Bertz CT molecular complexity index is 1330. The maximum absolute atomic E-state index is 12.6. The lowest BCUT2D eigenvalue weighted by molar-refractivity contribution is -0.111. The van der Waals surface area contributed by atoms with Crippen LogP contribution in [0, 0.1) is 0 Å². The molecule has 0 spiro atoms. The van der Waals surface area contributed by atoms with Crippen LogP contribution in [-0.4, -0.2) is 48.7 Å². The smallest absolute Gasteiger partial charge is 0.251 e. The van der Waals surface area contributed by atoms with Crippen molar-refractivity contribution in [2.45, 2.75) is 19.3 Å². The fourth-order valence-electron chi connectivity index (χ4n) is 4.60. The molecule has 35 heavy (non-hydrogen) atoms. The van der Waals surface area contributed by atoms with E-state index in [1.807, 2.05) is 18.3 Å². The van der Waals surface area contributed by atoms with Crippen molar-refractivity contribution in [3.8, 4) is 28.4 Å². The van der Waals surface area contributed by atoms with Crippen molar-refractivity contribution in [3.05, 3.63) is 71.4 Å². The summed E-state index contributed by atoms with van der Waals surface area (Å²) >= 11 is 0. The molecule has 8 heteroatoms. The molecule has 0 saturated heterocycles. The van der Waals surface area contributed by atoms with Gasteiger partial charge in [-0.1, -0.05) is 18.7 Å². The van der Waals surface area contributed by atoms with Gasteiger partial charge in [-0.15, -0.1) is 0 Å². The Balaban J connectivity index is 1.54. The van der Waals surface area contributed by atoms with Crippen molar-refractivity contribution in [1.82, 2.24) is 15.3 Å².